The minimum atomic E-state index is -0.576. The quantitative estimate of drug-likeness (QED) is 0.766. The molecule has 100 valence electrons. The van der Waals surface area contributed by atoms with E-state index in [4.69, 9.17) is 0 Å². The summed E-state index contributed by atoms with van der Waals surface area (Å²) in [5.74, 6) is -0.374. The maximum Gasteiger partial charge on any atom is 0.307 e. The summed E-state index contributed by atoms with van der Waals surface area (Å²) in [5.41, 5.74) is 0.622. The van der Waals surface area contributed by atoms with Gasteiger partial charge in [0.15, 0.2) is 0 Å². The number of allylic oxidation sites excluding steroid dienone is 2. The van der Waals surface area contributed by atoms with Crippen LogP contribution in [0.3, 0.4) is 0 Å². The van der Waals surface area contributed by atoms with E-state index in [0.29, 0.717) is 11.3 Å². The average molecular weight is 248 g/mol. The number of carboxylic acids is 1. The molecule has 0 aromatic rings. The fourth-order valence-corrected chi connectivity index (χ4v) is 5.15. The Kier molecular flexibility index (Phi) is 2.80. The second-order valence-electron chi connectivity index (χ2n) is 6.73. The minimum Gasteiger partial charge on any atom is -0.481 e. The summed E-state index contributed by atoms with van der Waals surface area (Å²) in [7, 11) is 0. The molecule has 2 bridgehead atoms. The van der Waals surface area contributed by atoms with Crippen LogP contribution in [0.4, 0.5) is 0 Å². The van der Waals surface area contributed by atoms with E-state index >= 15 is 0 Å². The van der Waals surface area contributed by atoms with Crippen molar-refractivity contribution in [3.63, 3.8) is 0 Å². The minimum absolute atomic E-state index is 0.111. The van der Waals surface area contributed by atoms with Gasteiger partial charge in [-0.25, -0.2) is 0 Å². The second kappa shape index (κ2) is 4.11. The van der Waals surface area contributed by atoms with Gasteiger partial charge in [-0.2, -0.15) is 0 Å². The molecule has 0 aliphatic heterocycles. The summed E-state index contributed by atoms with van der Waals surface area (Å²) >= 11 is 0. The van der Waals surface area contributed by atoms with E-state index in [1.54, 1.807) is 0 Å². The Morgan fingerprint density at radius 3 is 2.56 bits per heavy atom. The van der Waals surface area contributed by atoms with Gasteiger partial charge in [0.05, 0.1) is 5.92 Å². The van der Waals surface area contributed by atoms with E-state index in [1.807, 2.05) is 0 Å². The first kappa shape index (κ1) is 12.3. The first-order chi connectivity index (χ1) is 8.62. The zero-order valence-electron chi connectivity index (χ0n) is 11.3. The maximum absolute atomic E-state index is 11.4. The summed E-state index contributed by atoms with van der Waals surface area (Å²) in [5, 5.41) is 9.37. The first-order valence-corrected chi connectivity index (χ1v) is 7.55. The molecule has 0 aromatic heterocycles. The van der Waals surface area contributed by atoms with Gasteiger partial charge in [-0.3, -0.25) is 4.79 Å². The monoisotopic (exact) mass is 248 g/mol. The standard InChI is InChI=1S/C16H24O2/c1-2-15(7-4-3-5-8-15)16-9-6-12(10-16)13(11-16)14(17)18/h6,9,12-13H,2-5,7-8,10-11H2,1H3,(H,17,18). The smallest absolute Gasteiger partial charge is 0.307 e. The molecule has 3 aliphatic carbocycles. The van der Waals surface area contributed by atoms with Crippen molar-refractivity contribution in [2.75, 3.05) is 0 Å². The topological polar surface area (TPSA) is 37.3 Å². The molecule has 3 aliphatic rings. The van der Waals surface area contributed by atoms with Gasteiger partial charge in [0, 0.05) is 0 Å². The van der Waals surface area contributed by atoms with Crippen LogP contribution in [0.1, 0.15) is 58.3 Å². The van der Waals surface area contributed by atoms with E-state index in [1.165, 1.54) is 38.5 Å². The number of rotatable bonds is 3. The number of aliphatic carboxylic acids is 1. The van der Waals surface area contributed by atoms with Gasteiger partial charge in [0.1, 0.15) is 0 Å². The highest BCUT2D eigenvalue weighted by atomic mass is 16.4. The number of hydrogen-bond acceptors (Lipinski definition) is 1. The van der Waals surface area contributed by atoms with Gasteiger partial charge >= 0.3 is 5.97 Å². The molecule has 0 saturated heterocycles. The molecule has 3 atom stereocenters. The molecular weight excluding hydrogens is 224 g/mol. The van der Waals surface area contributed by atoms with Crippen molar-refractivity contribution in [1.82, 2.24) is 0 Å². The Hall–Kier alpha value is -0.790. The van der Waals surface area contributed by atoms with Gasteiger partial charge < -0.3 is 5.11 Å². The molecule has 0 heterocycles. The molecular formula is C16H24O2. The molecule has 0 aromatic carbocycles. The molecule has 2 nitrogen and oxygen atoms in total. The predicted octanol–water partition coefficient (Wildman–Crippen LogP) is 4.01. The SMILES string of the molecule is CCC1(C23C=CC(C2)C(C(=O)O)C3)CCCCC1. The Morgan fingerprint density at radius 1 is 1.28 bits per heavy atom. The highest BCUT2D eigenvalue weighted by Gasteiger charge is 2.58. The first-order valence-electron chi connectivity index (χ1n) is 7.55. The Bertz CT molecular complexity index is 379. The highest BCUT2D eigenvalue weighted by molar-refractivity contribution is 5.72. The van der Waals surface area contributed by atoms with Gasteiger partial charge in [-0.1, -0.05) is 38.3 Å². The van der Waals surface area contributed by atoms with E-state index in [2.05, 4.69) is 19.1 Å². The Labute approximate surface area is 109 Å². The average Bonchev–Trinajstić information content (AvgIpc) is 2.99. The third kappa shape index (κ3) is 1.50. The van der Waals surface area contributed by atoms with Gasteiger partial charge in [-0.05, 0) is 48.9 Å². The summed E-state index contributed by atoms with van der Waals surface area (Å²) < 4.78 is 0. The van der Waals surface area contributed by atoms with Crippen molar-refractivity contribution >= 4 is 5.97 Å². The van der Waals surface area contributed by atoms with Crippen LogP contribution in [0.2, 0.25) is 0 Å². The lowest BCUT2D eigenvalue weighted by Gasteiger charge is -2.49. The van der Waals surface area contributed by atoms with Crippen LogP contribution in [-0.2, 0) is 4.79 Å². The second-order valence-corrected chi connectivity index (χ2v) is 6.73. The maximum atomic E-state index is 11.4. The summed E-state index contributed by atoms with van der Waals surface area (Å²) in [6, 6.07) is 0. The fraction of sp³-hybridized carbons (Fsp3) is 0.812. The van der Waals surface area contributed by atoms with Crippen LogP contribution >= 0.6 is 0 Å². The molecule has 3 unspecified atom stereocenters. The Morgan fingerprint density at radius 2 is 2.00 bits per heavy atom. The summed E-state index contributed by atoms with van der Waals surface area (Å²) in [4.78, 5) is 11.4. The molecule has 2 saturated carbocycles. The normalized spacial score (nSPS) is 41.2. The summed E-state index contributed by atoms with van der Waals surface area (Å²) in [6.45, 7) is 2.31. The summed E-state index contributed by atoms with van der Waals surface area (Å²) in [6.07, 6.45) is 14.5. The van der Waals surface area contributed by atoms with Crippen LogP contribution in [0.5, 0.6) is 0 Å². The lowest BCUT2D eigenvalue weighted by molar-refractivity contribution is -0.143. The number of carbonyl (C=O) groups is 1. The number of fused-ring (bicyclic) bond motifs is 2. The van der Waals surface area contributed by atoms with Crippen molar-refractivity contribution in [1.29, 1.82) is 0 Å². The number of carboxylic acid groups (broad SMARTS) is 1. The molecule has 3 rings (SSSR count). The number of hydrogen-bond donors (Lipinski definition) is 1. The zero-order valence-corrected chi connectivity index (χ0v) is 11.3. The fourth-order valence-electron chi connectivity index (χ4n) is 5.15. The highest BCUT2D eigenvalue weighted by Crippen LogP contribution is 2.66. The van der Waals surface area contributed by atoms with Crippen LogP contribution in [-0.4, -0.2) is 11.1 Å². The van der Waals surface area contributed by atoms with E-state index < -0.39 is 5.97 Å². The van der Waals surface area contributed by atoms with Crippen molar-refractivity contribution in [3.05, 3.63) is 12.2 Å². The van der Waals surface area contributed by atoms with Crippen LogP contribution in [0, 0.1) is 22.7 Å². The van der Waals surface area contributed by atoms with E-state index in [9.17, 15) is 9.90 Å². The molecule has 2 fully saturated rings. The van der Waals surface area contributed by atoms with Gasteiger partial charge in [0.25, 0.3) is 0 Å². The van der Waals surface area contributed by atoms with Crippen LogP contribution in [0.25, 0.3) is 0 Å². The predicted molar refractivity (Wildman–Crippen MR) is 71.2 cm³/mol. The van der Waals surface area contributed by atoms with Crippen molar-refractivity contribution < 1.29 is 9.90 Å². The van der Waals surface area contributed by atoms with Crippen molar-refractivity contribution in [3.8, 4) is 0 Å². The van der Waals surface area contributed by atoms with Gasteiger partial charge in [0.2, 0.25) is 0 Å². The molecule has 2 heteroatoms. The van der Waals surface area contributed by atoms with Crippen LogP contribution < -0.4 is 0 Å². The lowest BCUT2D eigenvalue weighted by atomic mass is 9.55. The molecule has 18 heavy (non-hydrogen) atoms. The third-order valence-corrected chi connectivity index (χ3v) is 6.22. The molecule has 0 radical (unpaired) electrons. The molecule has 0 spiro atoms. The molecule has 1 N–H and O–H groups in total. The lowest BCUT2D eigenvalue weighted by Crippen LogP contribution is -2.40. The Balaban J connectivity index is 1.91. The zero-order chi connectivity index (χ0) is 12.8. The van der Waals surface area contributed by atoms with Gasteiger partial charge in [-0.15, -0.1) is 0 Å². The van der Waals surface area contributed by atoms with Crippen LogP contribution in [0.15, 0.2) is 12.2 Å². The van der Waals surface area contributed by atoms with E-state index in [0.717, 1.165) is 12.8 Å². The molecule has 0 amide bonds. The van der Waals surface area contributed by atoms with E-state index in [-0.39, 0.29) is 11.3 Å². The largest absolute Gasteiger partial charge is 0.481 e. The van der Waals surface area contributed by atoms with Crippen molar-refractivity contribution in [2.45, 2.75) is 58.3 Å². The third-order valence-electron chi connectivity index (χ3n) is 6.22. The van der Waals surface area contributed by atoms with Crippen molar-refractivity contribution in [2.24, 2.45) is 22.7 Å².